The van der Waals surface area contributed by atoms with E-state index in [0.717, 1.165) is 73.3 Å². The van der Waals surface area contributed by atoms with Gasteiger partial charge in [0, 0.05) is 12.6 Å². The van der Waals surface area contributed by atoms with Crippen LogP contribution in [0.15, 0.2) is 46.6 Å². The van der Waals surface area contributed by atoms with Crippen LogP contribution in [0.3, 0.4) is 0 Å². The third-order valence-corrected chi connectivity index (χ3v) is 8.97. The lowest BCUT2D eigenvalue weighted by Crippen LogP contribution is -2.26. The van der Waals surface area contributed by atoms with E-state index in [-0.39, 0.29) is 12.8 Å². The van der Waals surface area contributed by atoms with Crippen LogP contribution in [0.2, 0.25) is 0 Å². The van der Waals surface area contributed by atoms with E-state index in [0.29, 0.717) is 6.61 Å². The van der Waals surface area contributed by atoms with Gasteiger partial charge in [-0.1, -0.05) is 83.3 Å². The van der Waals surface area contributed by atoms with Gasteiger partial charge in [0.15, 0.2) is 18.3 Å². The quantitative estimate of drug-likeness (QED) is 0.0985. The highest BCUT2D eigenvalue weighted by Crippen LogP contribution is 2.38. The number of ether oxygens (including phenoxy) is 4. The molecule has 2 aromatic rings. The van der Waals surface area contributed by atoms with Crippen molar-refractivity contribution in [2.45, 2.75) is 128 Å². The van der Waals surface area contributed by atoms with Crippen LogP contribution >= 0.6 is 0 Å². The van der Waals surface area contributed by atoms with Gasteiger partial charge in [-0.3, -0.25) is 0 Å². The molecule has 0 amide bonds. The summed E-state index contributed by atoms with van der Waals surface area (Å²) < 4.78 is 22.1. The van der Waals surface area contributed by atoms with Gasteiger partial charge in [0.05, 0.1) is 38.4 Å². The minimum atomic E-state index is -0.538. The fourth-order valence-electron chi connectivity index (χ4n) is 6.32. The van der Waals surface area contributed by atoms with Crippen molar-refractivity contribution in [2.75, 3.05) is 28.1 Å². The predicted molar refractivity (Wildman–Crippen MR) is 177 cm³/mol. The Labute approximate surface area is 266 Å². The lowest BCUT2D eigenvalue weighted by Gasteiger charge is -2.29. The van der Waals surface area contributed by atoms with Crippen molar-refractivity contribution in [2.24, 2.45) is 10.2 Å². The minimum absolute atomic E-state index is 0.104. The summed E-state index contributed by atoms with van der Waals surface area (Å²) in [6, 6.07) is 15.2. The molecule has 0 aliphatic carbocycles. The Kier molecular flexibility index (Phi) is 16.1. The standard InChI is InChI=1S/C37H55N3O4/c1-5-6-7-8-9-10-11-12-13-14-23-37(28-38,32-19-22-34-31(26-32)27-43-29-44-34)24-15-16-33(40-39-2)20-17-30-18-21-35(41-3)36(25-30)42-4/h18-19,21-22,25-26,33H,5-17,20,23-24,27,29H2,1-4H3. The fourth-order valence-corrected chi connectivity index (χ4v) is 6.32. The van der Waals surface area contributed by atoms with Crippen molar-refractivity contribution in [3.05, 3.63) is 53.1 Å². The van der Waals surface area contributed by atoms with Crippen LogP contribution in [0.25, 0.3) is 0 Å². The maximum absolute atomic E-state index is 10.7. The number of hydrogen-bond donors (Lipinski definition) is 0. The zero-order valence-corrected chi connectivity index (χ0v) is 27.7. The summed E-state index contributed by atoms with van der Waals surface area (Å²) in [5.41, 5.74) is 2.76. The first-order valence-corrected chi connectivity index (χ1v) is 16.8. The smallest absolute Gasteiger partial charge is 0.189 e. The molecule has 44 heavy (non-hydrogen) atoms. The van der Waals surface area contributed by atoms with Crippen molar-refractivity contribution >= 4 is 0 Å². The maximum Gasteiger partial charge on any atom is 0.189 e. The van der Waals surface area contributed by atoms with Crippen LogP contribution < -0.4 is 14.2 Å². The Bertz CT molecular complexity index is 1180. The molecule has 0 radical (unpaired) electrons. The van der Waals surface area contributed by atoms with E-state index in [9.17, 15) is 5.26 Å². The molecule has 0 saturated heterocycles. The number of azo groups is 1. The summed E-state index contributed by atoms with van der Waals surface area (Å²) >= 11 is 0. The zero-order chi connectivity index (χ0) is 31.5. The first-order chi connectivity index (χ1) is 21.6. The summed E-state index contributed by atoms with van der Waals surface area (Å²) in [5.74, 6) is 2.34. The number of hydrogen-bond acceptors (Lipinski definition) is 7. The Morgan fingerprint density at radius 3 is 2.25 bits per heavy atom. The highest BCUT2D eigenvalue weighted by Gasteiger charge is 2.33. The molecular formula is C37H55N3O4. The zero-order valence-electron chi connectivity index (χ0n) is 27.7. The molecule has 0 saturated carbocycles. The maximum atomic E-state index is 10.7. The number of methoxy groups -OCH3 is 2. The number of rotatable bonds is 22. The van der Waals surface area contributed by atoms with E-state index in [4.69, 9.17) is 18.9 Å². The summed E-state index contributed by atoms with van der Waals surface area (Å²) in [4.78, 5) is 0. The van der Waals surface area contributed by atoms with Crippen molar-refractivity contribution in [1.29, 1.82) is 5.26 Å². The molecule has 7 heteroatoms. The molecule has 0 bridgehead atoms. The largest absolute Gasteiger partial charge is 0.493 e. The summed E-state index contributed by atoms with van der Waals surface area (Å²) in [7, 11) is 5.06. The average molecular weight is 606 g/mol. The van der Waals surface area contributed by atoms with Gasteiger partial charge in [0.1, 0.15) is 5.75 Å². The van der Waals surface area contributed by atoms with E-state index in [1.807, 2.05) is 18.2 Å². The van der Waals surface area contributed by atoms with Crippen LogP contribution in [0.4, 0.5) is 0 Å². The molecule has 1 heterocycles. The summed E-state index contributed by atoms with van der Waals surface area (Å²) in [6.07, 6.45) is 18.1. The van der Waals surface area contributed by atoms with Gasteiger partial charge in [-0.25, -0.2) is 0 Å². The third-order valence-electron chi connectivity index (χ3n) is 8.97. The molecule has 0 fully saturated rings. The SMILES string of the molecule is CCCCCCCCCCCCC(C#N)(CCCC(CCc1ccc(OC)c(OC)c1)N=NC)c1ccc2c(c1)COCO2. The molecule has 1 aliphatic rings. The van der Waals surface area contributed by atoms with Crippen LogP contribution in [0, 0.1) is 11.3 Å². The number of unbranched alkanes of at least 4 members (excludes halogenated alkanes) is 9. The number of nitriles is 1. The fraction of sp³-hybridized carbons (Fsp3) is 0.649. The Balaban J connectivity index is 1.61. The highest BCUT2D eigenvalue weighted by molar-refractivity contribution is 5.44. The molecule has 0 aromatic heterocycles. The van der Waals surface area contributed by atoms with E-state index in [1.165, 1.54) is 63.4 Å². The molecule has 0 spiro atoms. The average Bonchev–Trinajstić information content (AvgIpc) is 3.06. The number of nitrogens with zero attached hydrogens (tertiary/aromatic N) is 3. The molecular weight excluding hydrogens is 550 g/mol. The minimum Gasteiger partial charge on any atom is -0.493 e. The lowest BCUT2D eigenvalue weighted by molar-refractivity contribution is -0.0164. The van der Waals surface area contributed by atoms with Crippen molar-refractivity contribution in [3.63, 3.8) is 0 Å². The molecule has 1 aliphatic heterocycles. The number of benzene rings is 2. The van der Waals surface area contributed by atoms with Crippen LogP contribution in [0.5, 0.6) is 17.2 Å². The second kappa shape index (κ2) is 20.0. The van der Waals surface area contributed by atoms with E-state index >= 15 is 0 Å². The normalized spacial score (nSPS) is 14.8. The van der Waals surface area contributed by atoms with Gasteiger partial charge in [-0.05, 0) is 73.9 Å². The predicted octanol–water partition coefficient (Wildman–Crippen LogP) is 9.90. The van der Waals surface area contributed by atoms with Crippen molar-refractivity contribution in [3.8, 4) is 23.3 Å². The van der Waals surface area contributed by atoms with E-state index in [1.54, 1.807) is 21.3 Å². The van der Waals surface area contributed by atoms with Gasteiger partial charge >= 0.3 is 0 Å². The van der Waals surface area contributed by atoms with Crippen LogP contribution in [0.1, 0.15) is 120 Å². The third kappa shape index (κ3) is 11.1. The van der Waals surface area contributed by atoms with E-state index < -0.39 is 5.41 Å². The second-order valence-electron chi connectivity index (χ2n) is 12.1. The second-order valence-corrected chi connectivity index (χ2v) is 12.1. The van der Waals surface area contributed by atoms with E-state index in [2.05, 4.69) is 41.4 Å². The highest BCUT2D eigenvalue weighted by atomic mass is 16.7. The van der Waals surface area contributed by atoms with Crippen molar-refractivity contribution in [1.82, 2.24) is 0 Å². The van der Waals surface area contributed by atoms with Crippen molar-refractivity contribution < 1.29 is 18.9 Å². The Hall–Kier alpha value is -3.11. The summed E-state index contributed by atoms with van der Waals surface area (Å²) in [5, 5.41) is 19.4. The van der Waals surface area contributed by atoms with Crippen LogP contribution in [-0.4, -0.2) is 34.1 Å². The van der Waals surface area contributed by atoms with Gasteiger partial charge in [-0.2, -0.15) is 15.5 Å². The first kappa shape index (κ1) is 35.4. The Morgan fingerprint density at radius 1 is 0.864 bits per heavy atom. The summed E-state index contributed by atoms with van der Waals surface area (Å²) in [6.45, 7) is 3.08. The number of aryl methyl sites for hydroxylation is 1. The molecule has 3 rings (SSSR count). The first-order valence-electron chi connectivity index (χ1n) is 16.8. The molecule has 7 nitrogen and oxygen atoms in total. The van der Waals surface area contributed by atoms with Gasteiger partial charge in [0.2, 0.25) is 0 Å². The Morgan fingerprint density at radius 2 is 1.57 bits per heavy atom. The topological polar surface area (TPSA) is 85.4 Å². The molecule has 2 atom stereocenters. The monoisotopic (exact) mass is 605 g/mol. The molecule has 0 N–H and O–H groups in total. The van der Waals surface area contributed by atoms with Crippen LogP contribution in [-0.2, 0) is 23.2 Å². The molecule has 242 valence electrons. The van der Waals surface area contributed by atoms with Gasteiger partial charge in [-0.15, -0.1) is 0 Å². The number of fused-ring (bicyclic) bond motifs is 1. The molecule has 2 unspecified atom stereocenters. The lowest BCUT2D eigenvalue weighted by atomic mass is 9.73. The molecule has 2 aromatic carbocycles. The van der Waals surface area contributed by atoms with Gasteiger partial charge < -0.3 is 18.9 Å². The van der Waals surface area contributed by atoms with Gasteiger partial charge in [0.25, 0.3) is 0 Å².